The minimum absolute atomic E-state index is 0. The fourth-order valence-corrected chi connectivity index (χ4v) is 13.9. The second-order valence-electron chi connectivity index (χ2n) is 25.2. The molecule has 0 spiro atoms. The number of rotatable bonds is 9. The van der Waals surface area contributed by atoms with E-state index in [9.17, 15) is 38.4 Å². The Kier molecular flexibility index (Phi) is 28.0. The maximum atomic E-state index is 13.5. The van der Waals surface area contributed by atoms with Crippen LogP contribution in [0.1, 0.15) is 123 Å². The van der Waals surface area contributed by atoms with E-state index in [1.54, 1.807) is 4.90 Å². The van der Waals surface area contributed by atoms with E-state index < -0.39 is 7.26 Å². The lowest BCUT2D eigenvalue weighted by Gasteiger charge is -2.31. The first-order chi connectivity index (χ1) is 33.6. The second-order valence-corrected chi connectivity index (χ2v) is 28.6. The third-order valence-corrected chi connectivity index (χ3v) is 18.5. The van der Waals surface area contributed by atoms with Gasteiger partial charge in [0.2, 0.25) is 47.3 Å². The Labute approximate surface area is 503 Å². The molecular formula is C59H86Br4N5O8P-2. The zero-order valence-electron chi connectivity index (χ0n) is 48.6. The first kappa shape index (κ1) is 73.5. The number of likely N-dealkylation sites (tertiary alicyclic amines) is 4. The maximum Gasteiger partial charge on any atom is 0.237 e. The van der Waals surface area contributed by atoms with E-state index in [1.165, 1.54) is 30.6 Å². The molecule has 3 aromatic carbocycles. The summed E-state index contributed by atoms with van der Waals surface area (Å²) < 4.78 is 0.592. The molecule has 4 atom stereocenters. The highest BCUT2D eigenvalue weighted by molar-refractivity contribution is 7.95. The Morgan fingerprint density at radius 3 is 0.818 bits per heavy atom. The van der Waals surface area contributed by atoms with Gasteiger partial charge in [-0.25, -0.2) is 9.80 Å². The summed E-state index contributed by atoms with van der Waals surface area (Å²) in [4.78, 5) is 102. The van der Waals surface area contributed by atoms with Gasteiger partial charge in [0.25, 0.3) is 0 Å². The van der Waals surface area contributed by atoms with Crippen LogP contribution >= 0.6 is 7.26 Å². The highest BCUT2D eigenvalue weighted by Crippen LogP contribution is 2.57. The molecule has 3 aromatic rings. The highest BCUT2D eigenvalue weighted by Gasteiger charge is 2.54. The molecule has 0 bridgehead atoms. The van der Waals surface area contributed by atoms with E-state index >= 15 is 0 Å². The van der Waals surface area contributed by atoms with Gasteiger partial charge >= 0.3 is 0 Å². The van der Waals surface area contributed by atoms with Gasteiger partial charge in [-0.3, -0.25) is 48.2 Å². The fourth-order valence-electron chi connectivity index (χ4n) is 9.78. The van der Waals surface area contributed by atoms with Crippen LogP contribution in [0, 0.1) is 45.3 Å². The van der Waals surface area contributed by atoms with Gasteiger partial charge in [-0.15, -0.1) is 0 Å². The Bertz CT molecular complexity index is 2330. The van der Waals surface area contributed by atoms with Crippen molar-refractivity contribution in [2.75, 3.05) is 47.2 Å². The molecule has 4 heterocycles. The van der Waals surface area contributed by atoms with Gasteiger partial charge in [0.05, 0.1) is 44.8 Å². The molecule has 0 aliphatic carbocycles. The number of nitrogens with zero attached hydrogens (tertiary/aromatic N) is 5. The summed E-state index contributed by atoms with van der Waals surface area (Å²) >= 11 is 0. The zero-order valence-corrected chi connectivity index (χ0v) is 55.8. The number of carbonyl (C=O) groups excluding carboxylic acids is 8. The molecule has 7 rings (SSSR count). The van der Waals surface area contributed by atoms with Crippen LogP contribution in [0.2, 0.25) is 0 Å². The average molecular weight is 1340 g/mol. The van der Waals surface area contributed by atoms with Crippen molar-refractivity contribution >= 4 is 70.4 Å². The number of halogens is 4. The topological polar surface area (TPSA) is 150 Å². The number of carbonyl (C=O) groups is 8. The molecule has 4 unspecified atom stereocenters. The molecule has 0 aromatic heterocycles. The predicted octanol–water partition coefficient (Wildman–Crippen LogP) is -3.70. The quantitative estimate of drug-likeness (QED) is 0.121. The van der Waals surface area contributed by atoms with Crippen LogP contribution in [0.3, 0.4) is 0 Å². The molecule has 0 radical (unpaired) electrons. The van der Waals surface area contributed by atoms with Crippen molar-refractivity contribution in [1.82, 2.24) is 19.6 Å². The average Bonchev–Trinajstić information content (AvgIpc) is 3.97. The Morgan fingerprint density at radius 2 is 0.610 bits per heavy atom. The van der Waals surface area contributed by atoms with Crippen LogP contribution in [0.4, 0.5) is 0 Å². The lowest BCUT2D eigenvalue weighted by atomic mass is 9.80. The van der Waals surface area contributed by atoms with Gasteiger partial charge in [-0.05, 0) is 71.9 Å². The number of imide groups is 4. The number of benzene rings is 3. The second kappa shape index (κ2) is 29.3. The number of quaternary nitrogens is 1. The molecule has 4 fully saturated rings. The monoisotopic (exact) mass is 1340 g/mol. The van der Waals surface area contributed by atoms with E-state index in [4.69, 9.17) is 0 Å². The summed E-state index contributed by atoms with van der Waals surface area (Å²) in [6.07, 6.45) is 1.82. The first-order valence-corrected chi connectivity index (χ1v) is 27.8. The van der Waals surface area contributed by atoms with Crippen LogP contribution in [0.15, 0.2) is 91.0 Å². The Hall–Kier alpha value is -3.47. The molecule has 0 N–H and O–H groups in total. The van der Waals surface area contributed by atoms with Gasteiger partial charge in [-0.2, -0.15) is 0 Å². The summed E-state index contributed by atoms with van der Waals surface area (Å²) in [5.74, 6) is -0.860. The third kappa shape index (κ3) is 18.3. The largest absolute Gasteiger partial charge is 1.00 e. The van der Waals surface area contributed by atoms with E-state index in [-0.39, 0.29) is 161 Å². The lowest BCUT2D eigenvalue weighted by Crippen LogP contribution is -3.00. The maximum absolute atomic E-state index is 13.5. The van der Waals surface area contributed by atoms with Crippen molar-refractivity contribution in [1.29, 1.82) is 0 Å². The van der Waals surface area contributed by atoms with E-state index in [2.05, 4.69) is 36.4 Å². The Balaban J connectivity index is 0.00000107. The highest BCUT2D eigenvalue weighted by atomic mass is 79.9. The van der Waals surface area contributed by atoms with Crippen molar-refractivity contribution in [3.63, 3.8) is 0 Å². The predicted molar refractivity (Wildman–Crippen MR) is 292 cm³/mol. The standard InChI is InChI=1S/C27H29NO2P.C12H23N2O2.2C10H17NO2.4BrH/c1-27(2,3)24-19-25(29)28(26(24)30)20-31(21-13-7-4-8-14-21,22-15-9-5-10-16-22)23-17-11-6-12-18-23;1-12(2,3)9-7-10(15)13(11(9)16)8-14(4,5)6;2*1-5-11-8(12)6-7(9(11)13)10(2,3)4;;;;/h4-18,24H,19-20H2,1-3H3;9H,7-8H2,1-6H3;2*7H,5-6H2,1-4H3;4*1H/q2*+1;;;;;;/p-4. The van der Waals surface area contributed by atoms with Gasteiger partial charge in [0.1, 0.15) is 23.2 Å². The van der Waals surface area contributed by atoms with Gasteiger partial charge in [0.15, 0.2) is 13.0 Å². The molecular weight excluding hydrogens is 1260 g/mol. The van der Waals surface area contributed by atoms with Crippen molar-refractivity contribution in [3.05, 3.63) is 91.0 Å². The van der Waals surface area contributed by atoms with Crippen molar-refractivity contribution < 1.29 is 111 Å². The Morgan fingerprint density at radius 1 is 0.390 bits per heavy atom. The summed E-state index contributed by atoms with van der Waals surface area (Å²) in [5.41, 5.74) is -0.575. The van der Waals surface area contributed by atoms with Crippen LogP contribution < -0.4 is 83.8 Å². The molecule has 77 heavy (non-hydrogen) atoms. The van der Waals surface area contributed by atoms with Crippen molar-refractivity contribution in [2.45, 2.75) is 123 Å². The van der Waals surface area contributed by atoms with Crippen LogP contribution in [-0.4, -0.2) is 119 Å². The molecule has 13 nitrogen and oxygen atoms in total. The fraction of sp³-hybridized carbons (Fsp3) is 0.559. The number of hydrogen-bond acceptors (Lipinski definition) is 8. The molecule has 4 aliphatic rings. The van der Waals surface area contributed by atoms with Crippen LogP contribution in [0.5, 0.6) is 0 Å². The van der Waals surface area contributed by atoms with E-state index in [0.717, 1.165) is 0 Å². The zero-order chi connectivity index (χ0) is 55.2. The lowest BCUT2D eigenvalue weighted by molar-refractivity contribution is -0.877. The van der Waals surface area contributed by atoms with E-state index in [1.807, 2.05) is 173 Å². The van der Waals surface area contributed by atoms with Gasteiger partial charge in [-0.1, -0.05) is 138 Å². The minimum Gasteiger partial charge on any atom is -1.00 e. The first-order valence-electron chi connectivity index (χ1n) is 25.8. The van der Waals surface area contributed by atoms with E-state index in [0.29, 0.717) is 56.2 Å². The van der Waals surface area contributed by atoms with Gasteiger partial charge < -0.3 is 72.4 Å². The molecule has 430 valence electrons. The minimum atomic E-state index is -2.27. The number of hydrogen-bond donors (Lipinski definition) is 0. The summed E-state index contributed by atoms with van der Waals surface area (Å²) in [6.45, 7) is 29.3. The number of amides is 8. The summed E-state index contributed by atoms with van der Waals surface area (Å²) in [5, 5.41) is 3.52. The smallest absolute Gasteiger partial charge is 0.237 e. The van der Waals surface area contributed by atoms with Crippen LogP contribution in [0.25, 0.3) is 0 Å². The molecule has 8 amide bonds. The summed E-state index contributed by atoms with van der Waals surface area (Å²) in [7, 11) is 3.66. The molecule has 4 aliphatic heterocycles. The van der Waals surface area contributed by atoms with Crippen LogP contribution in [-0.2, 0) is 38.4 Å². The van der Waals surface area contributed by atoms with Crippen molar-refractivity contribution in [3.8, 4) is 0 Å². The molecule has 18 heteroatoms. The third-order valence-electron chi connectivity index (χ3n) is 14.3. The molecule has 0 saturated carbocycles. The SMILES string of the molecule is CC(C)(C)C1CC(=O)N(C[N+](C)(C)C)C1=O.CC(C)(C)C1CC(=O)N(C[P+](c2ccccc2)(c2ccccc2)c2ccccc2)C1=O.CCN1C(=O)CC(C(C)(C)C)C1=O.CCN1C(=O)CC(C(C)(C)C)C1=O.[Br-].[Br-].[Br-].[Br-]. The normalized spacial score (nSPS) is 20.0. The van der Waals surface area contributed by atoms with Gasteiger partial charge in [0, 0.05) is 38.8 Å². The van der Waals surface area contributed by atoms with Crippen molar-refractivity contribution in [2.24, 2.45) is 45.3 Å². The molecule has 4 saturated heterocycles. The summed E-state index contributed by atoms with van der Waals surface area (Å²) in [6, 6.07) is 31.1.